The Balaban J connectivity index is 1.12. The summed E-state index contributed by atoms with van der Waals surface area (Å²) in [6.07, 6.45) is 0. The SMILES string of the molecule is c1ccc(-n2c3ccccc3c3c4cc(-c5ccc6cc(-n7c8ccccc8c8ccccc87)ccc6c5)ccc4oc32)cc1. The molecule has 0 aliphatic rings. The predicted molar refractivity (Wildman–Crippen MR) is 188 cm³/mol. The number of aromatic nitrogens is 2. The first-order valence-corrected chi connectivity index (χ1v) is 15.4. The molecule has 3 heterocycles. The molecule has 0 aliphatic carbocycles. The van der Waals surface area contributed by atoms with Crippen molar-refractivity contribution in [2.45, 2.75) is 0 Å². The van der Waals surface area contributed by atoms with Crippen LogP contribution in [0.4, 0.5) is 0 Å². The number of furan rings is 1. The lowest BCUT2D eigenvalue weighted by atomic mass is 9.99. The van der Waals surface area contributed by atoms with E-state index in [1.807, 2.05) is 6.07 Å². The average Bonchev–Trinajstić information content (AvgIpc) is 3.75. The van der Waals surface area contributed by atoms with Gasteiger partial charge in [0.2, 0.25) is 5.71 Å². The fourth-order valence-corrected chi connectivity index (χ4v) is 7.26. The van der Waals surface area contributed by atoms with Crippen LogP contribution < -0.4 is 0 Å². The maximum absolute atomic E-state index is 6.55. The van der Waals surface area contributed by atoms with Gasteiger partial charge >= 0.3 is 0 Å². The summed E-state index contributed by atoms with van der Waals surface area (Å²) in [6.45, 7) is 0. The number of hydrogen-bond donors (Lipinski definition) is 0. The van der Waals surface area contributed by atoms with Crippen molar-refractivity contribution in [3.63, 3.8) is 0 Å². The zero-order valence-electron chi connectivity index (χ0n) is 24.3. The summed E-state index contributed by atoms with van der Waals surface area (Å²) in [5.41, 5.74) is 10.0. The van der Waals surface area contributed by atoms with Crippen LogP contribution in [0.2, 0.25) is 0 Å². The first-order valence-electron chi connectivity index (χ1n) is 15.4. The van der Waals surface area contributed by atoms with Crippen molar-refractivity contribution in [3.05, 3.63) is 158 Å². The van der Waals surface area contributed by atoms with E-state index >= 15 is 0 Å². The summed E-state index contributed by atoms with van der Waals surface area (Å²) >= 11 is 0. The third-order valence-electron chi connectivity index (χ3n) is 9.30. The van der Waals surface area contributed by atoms with Crippen molar-refractivity contribution in [2.24, 2.45) is 0 Å². The second kappa shape index (κ2) is 9.22. The molecule has 0 saturated heterocycles. The first kappa shape index (κ1) is 24.4. The number of para-hydroxylation sites is 4. The molecule has 0 aliphatic heterocycles. The third kappa shape index (κ3) is 3.52. The fraction of sp³-hybridized carbons (Fsp3) is 0. The van der Waals surface area contributed by atoms with E-state index in [1.54, 1.807) is 0 Å². The zero-order chi connectivity index (χ0) is 29.5. The highest BCUT2D eigenvalue weighted by atomic mass is 16.3. The normalized spacial score (nSPS) is 12.0. The van der Waals surface area contributed by atoms with E-state index in [-0.39, 0.29) is 0 Å². The molecule has 0 spiro atoms. The molecule has 10 rings (SSSR count). The van der Waals surface area contributed by atoms with Crippen molar-refractivity contribution in [1.29, 1.82) is 0 Å². The lowest BCUT2D eigenvalue weighted by Crippen LogP contribution is -1.93. The van der Waals surface area contributed by atoms with Crippen LogP contribution in [0.5, 0.6) is 0 Å². The minimum Gasteiger partial charge on any atom is -0.439 e. The highest BCUT2D eigenvalue weighted by Gasteiger charge is 2.19. The Kier molecular flexibility index (Phi) is 5.00. The number of hydrogen-bond acceptors (Lipinski definition) is 1. The second-order valence-corrected chi connectivity index (χ2v) is 11.8. The molecule has 3 heteroatoms. The van der Waals surface area contributed by atoms with Crippen LogP contribution in [0.25, 0.3) is 88.1 Å². The van der Waals surface area contributed by atoms with Crippen LogP contribution in [-0.4, -0.2) is 9.13 Å². The van der Waals surface area contributed by atoms with Crippen LogP contribution in [0, 0.1) is 0 Å². The van der Waals surface area contributed by atoms with Crippen molar-refractivity contribution in [2.75, 3.05) is 0 Å². The van der Waals surface area contributed by atoms with Gasteiger partial charge in [-0.15, -0.1) is 0 Å². The lowest BCUT2D eigenvalue weighted by molar-refractivity contribution is 0.645. The minimum atomic E-state index is 0.880. The zero-order valence-corrected chi connectivity index (χ0v) is 24.3. The van der Waals surface area contributed by atoms with Crippen molar-refractivity contribution in [3.8, 4) is 22.5 Å². The van der Waals surface area contributed by atoms with Crippen LogP contribution >= 0.6 is 0 Å². The molecule has 3 aromatic heterocycles. The van der Waals surface area contributed by atoms with Crippen LogP contribution in [0.3, 0.4) is 0 Å². The van der Waals surface area contributed by atoms with Gasteiger partial charge in [0.05, 0.1) is 21.9 Å². The molecular weight excluding hydrogens is 548 g/mol. The first-order chi connectivity index (χ1) is 22.3. The van der Waals surface area contributed by atoms with E-state index in [2.05, 4.69) is 161 Å². The van der Waals surface area contributed by atoms with Gasteiger partial charge in [0, 0.05) is 32.9 Å². The number of rotatable bonds is 3. The van der Waals surface area contributed by atoms with Gasteiger partial charge in [-0.3, -0.25) is 4.57 Å². The van der Waals surface area contributed by atoms with E-state index in [9.17, 15) is 0 Å². The Bertz CT molecular complexity index is 2710. The van der Waals surface area contributed by atoms with Gasteiger partial charge in [0.15, 0.2) is 0 Å². The van der Waals surface area contributed by atoms with Gasteiger partial charge in [-0.05, 0) is 82.6 Å². The topological polar surface area (TPSA) is 23.0 Å². The molecule has 0 atom stereocenters. The molecule has 45 heavy (non-hydrogen) atoms. The maximum Gasteiger partial charge on any atom is 0.213 e. The molecule has 210 valence electrons. The van der Waals surface area contributed by atoms with E-state index in [4.69, 9.17) is 4.42 Å². The lowest BCUT2D eigenvalue weighted by Gasteiger charge is -2.10. The smallest absolute Gasteiger partial charge is 0.213 e. The van der Waals surface area contributed by atoms with Gasteiger partial charge in [-0.1, -0.05) is 97.1 Å². The predicted octanol–water partition coefficient (Wildman–Crippen LogP) is 11.4. The van der Waals surface area contributed by atoms with Crippen molar-refractivity contribution in [1.82, 2.24) is 9.13 Å². The molecule has 3 nitrogen and oxygen atoms in total. The Morgan fingerprint density at radius 2 is 0.956 bits per heavy atom. The highest BCUT2D eigenvalue weighted by Crippen LogP contribution is 2.41. The summed E-state index contributed by atoms with van der Waals surface area (Å²) in [5, 5.41) is 8.48. The van der Waals surface area contributed by atoms with Gasteiger partial charge in [0.1, 0.15) is 5.58 Å². The molecule has 0 N–H and O–H groups in total. The van der Waals surface area contributed by atoms with E-state index in [0.717, 1.165) is 33.3 Å². The Morgan fingerprint density at radius 3 is 1.71 bits per heavy atom. The summed E-state index contributed by atoms with van der Waals surface area (Å²) in [6, 6.07) is 56.5. The van der Waals surface area contributed by atoms with Crippen LogP contribution in [0.15, 0.2) is 162 Å². The van der Waals surface area contributed by atoms with Gasteiger partial charge < -0.3 is 8.98 Å². The molecule has 0 fully saturated rings. The number of nitrogens with zero attached hydrogens (tertiary/aromatic N) is 2. The summed E-state index contributed by atoms with van der Waals surface area (Å²) in [7, 11) is 0. The van der Waals surface area contributed by atoms with Crippen LogP contribution in [-0.2, 0) is 0 Å². The van der Waals surface area contributed by atoms with E-state index in [1.165, 1.54) is 54.8 Å². The molecule has 10 aromatic rings. The number of benzene rings is 7. The van der Waals surface area contributed by atoms with Gasteiger partial charge in [-0.2, -0.15) is 0 Å². The van der Waals surface area contributed by atoms with Crippen molar-refractivity contribution < 1.29 is 4.42 Å². The minimum absolute atomic E-state index is 0.880. The highest BCUT2D eigenvalue weighted by molar-refractivity contribution is 6.20. The quantitative estimate of drug-likeness (QED) is 0.206. The molecule has 0 radical (unpaired) electrons. The molecule has 7 aromatic carbocycles. The standard InChI is InChI=1S/C42H26N2O/c1-2-10-31(11-3-1)44-39-17-9-6-14-35(39)41-36-26-30(21-23-40(36)45-42(41)44)27-18-19-29-25-32(22-20-28(29)24-27)43-37-15-7-4-12-33(37)34-13-5-8-16-38(34)43/h1-26H. The second-order valence-electron chi connectivity index (χ2n) is 11.8. The molecular formula is C42H26N2O. The average molecular weight is 575 g/mol. The third-order valence-corrected chi connectivity index (χ3v) is 9.30. The van der Waals surface area contributed by atoms with Gasteiger partial charge in [0.25, 0.3) is 0 Å². The largest absolute Gasteiger partial charge is 0.439 e. The summed E-state index contributed by atoms with van der Waals surface area (Å²) in [5.74, 6) is 0. The Labute approximate surface area is 258 Å². The maximum atomic E-state index is 6.55. The summed E-state index contributed by atoms with van der Waals surface area (Å²) in [4.78, 5) is 0. The molecule has 0 amide bonds. The Hall–Kier alpha value is -6.06. The molecule has 0 saturated carbocycles. The van der Waals surface area contributed by atoms with Crippen molar-refractivity contribution >= 4 is 65.6 Å². The van der Waals surface area contributed by atoms with E-state index < -0.39 is 0 Å². The fourth-order valence-electron chi connectivity index (χ4n) is 7.26. The summed E-state index contributed by atoms with van der Waals surface area (Å²) < 4.78 is 11.2. The monoisotopic (exact) mass is 574 g/mol. The van der Waals surface area contributed by atoms with Gasteiger partial charge in [-0.25, -0.2) is 0 Å². The van der Waals surface area contributed by atoms with Crippen LogP contribution in [0.1, 0.15) is 0 Å². The Morgan fingerprint density at radius 1 is 0.378 bits per heavy atom. The number of fused-ring (bicyclic) bond motifs is 9. The molecule has 0 unspecified atom stereocenters. The van der Waals surface area contributed by atoms with E-state index in [0.29, 0.717) is 0 Å². The molecule has 0 bridgehead atoms.